The zero-order valence-corrected chi connectivity index (χ0v) is 10.6. The first-order chi connectivity index (χ1) is 8.35. The lowest BCUT2D eigenvalue weighted by Gasteiger charge is -1.98. The first kappa shape index (κ1) is 12.1. The molecule has 0 saturated carbocycles. The van der Waals surface area contributed by atoms with Gasteiger partial charge in [0.15, 0.2) is 0 Å². The predicted molar refractivity (Wildman–Crippen MR) is 66.6 cm³/mol. The van der Waals surface area contributed by atoms with E-state index >= 15 is 0 Å². The zero-order valence-electron chi connectivity index (χ0n) is 9.80. The molecule has 0 amide bonds. The summed E-state index contributed by atoms with van der Waals surface area (Å²) < 4.78 is 5.14. The van der Waals surface area contributed by atoms with Crippen molar-refractivity contribution >= 4 is 11.3 Å². The number of nitrogens with zero attached hydrogens (tertiary/aromatic N) is 3. The van der Waals surface area contributed by atoms with Gasteiger partial charge in [0.25, 0.3) is 0 Å². The smallest absolute Gasteiger partial charge is 0.144 e. The quantitative estimate of drug-likeness (QED) is 0.870. The van der Waals surface area contributed by atoms with E-state index in [1.807, 2.05) is 7.05 Å². The molecule has 0 saturated heterocycles. The Labute approximate surface area is 104 Å². The van der Waals surface area contributed by atoms with E-state index in [-0.39, 0.29) is 0 Å². The van der Waals surface area contributed by atoms with Crippen LogP contribution in [0.3, 0.4) is 0 Å². The van der Waals surface area contributed by atoms with Crippen LogP contribution in [-0.4, -0.2) is 29.1 Å². The second-order valence-electron chi connectivity index (χ2n) is 3.44. The lowest BCUT2D eigenvalue weighted by atomic mass is 10.3. The maximum Gasteiger partial charge on any atom is 0.144 e. The molecular formula is C11H14N4OS. The topological polar surface area (TPSA) is 59.9 Å². The van der Waals surface area contributed by atoms with Gasteiger partial charge in [0.05, 0.1) is 18.5 Å². The molecule has 17 heavy (non-hydrogen) atoms. The van der Waals surface area contributed by atoms with Crippen LogP contribution in [0.5, 0.6) is 0 Å². The Balaban J connectivity index is 2.33. The largest absolute Gasteiger partial charge is 0.378 e. The standard InChI is InChI=1S/C11H14N4OS/c1-12-6-10-9(7-16-2)15-11(17-10)8-5-13-3-4-14-8/h3-5,12H,6-7H2,1-2H3. The molecule has 2 aromatic heterocycles. The summed E-state index contributed by atoms with van der Waals surface area (Å²) in [4.78, 5) is 14.0. The third-order valence-electron chi connectivity index (χ3n) is 2.18. The lowest BCUT2D eigenvalue weighted by molar-refractivity contribution is 0.181. The van der Waals surface area contributed by atoms with Crippen molar-refractivity contribution in [1.29, 1.82) is 0 Å². The van der Waals surface area contributed by atoms with Gasteiger partial charge in [-0.2, -0.15) is 0 Å². The minimum absolute atomic E-state index is 0.522. The summed E-state index contributed by atoms with van der Waals surface area (Å²) in [5.41, 5.74) is 1.77. The average Bonchev–Trinajstić information content (AvgIpc) is 2.75. The number of ether oxygens (including phenoxy) is 1. The van der Waals surface area contributed by atoms with Crippen LogP contribution in [0.1, 0.15) is 10.6 Å². The minimum atomic E-state index is 0.522. The van der Waals surface area contributed by atoms with Crippen molar-refractivity contribution in [3.63, 3.8) is 0 Å². The summed E-state index contributed by atoms with van der Waals surface area (Å²) >= 11 is 1.62. The summed E-state index contributed by atoms with van der Waals surface area (Å²) in [6.07, 6.45) is 5.05. The van der Waals surface area contributed by atoms with Gasteiger partial charge in [0.1, 0.15) is 10.7 Å². The zero-order chi connectivity index (χ0) is 12.1. The van der Waals surface area contributed by atoms with Crippen LogP contribution in [-0.2, 0) is 17.9 Å². The van der Waals surface area contributed by atoms with Crippen molar-refractivity contribution in [3.8, 4) is 10.7 Å². The van der Waals surface area contributed by atoms with Gasteiger partial charge >= 0.3 is 0 Å². The molecule has 0 aromatic carbocycles. The van der Waals surface area contributed by atoms with E-state index in [0.717, 1.165) is 22.9 Å². The maximum atomic E-state index is 5.14. The number of rotatable bonds is 5. The van der Waals surface area contributed by atoms with E-state index in [4.69, 9.17) is 4.74 Å². The van der Waals surface area contributed by atoms with Gasteiger partial charge in [-0.05, 0) is 7.05 Å². The summed E-state index contributed by atoms with van der Waals surface area (Å²) in [7, 11) is 3.59. The van der Waals surface area contributed by atoms with E-state index in [0.29, 0.717) is 6.61 Å². The molecule has 0 unspecified atom stereocenters. The van der Waals surface area contributed by atoms with E-state index in [1.54, 1.807) is 37.0 Å². The lowest BCUT2D eigenvalue weighted by Crippen LogP contribution is -2.06. The minimum Gasteiger partial charge on any atom is -0.378 e. The number of nitrogens with one attached hydrogen (secondary N) is 1. The highest BCUT2D eigenvalue weighted by molar-refractivity contribution is 7.15. The van der Waals surface area contributed by atoms with Crippen LogP contribution < -0.4 is 5.32 Å². The summed E-state index contributed by atoms with van der Waals surface area (Å²) in [5, 5.41) is 4.01. The fraction of sp³-hybridized carbons (Fsp3) is 0.364. The summed E-state index contributed by atoms with van der Waals surface area (Å²) in [6.45, 7) is 1.31. The van der Waals surface area contributed by atoms with Gasteiger partial charge in [-0.15, -0.1) is 11.3 Å². The molecule has 90 valence electrons. The Kier molecular flexibility index (Phi) is 4.13. The van der Waals surface area contributed by atoms with Crippen molar-refractivity contribution in [2.45, 2.75) is 13.2 Å². The predicted octanol–water partition coefficient (Wildman–Crippen LogP) is 1.47. The second-order valence-corrected chi connectivity index (χ2v) is 4.53. The summed E-state index contributed by atoms with van der Waals surface area (Å²) in [5.74, 6) is 0. The Morgan fingerprint density at radius 3 is 2.94 bits per heavy atom. The van der Waals surface area contributed by atoms with Crippen LogP contribution in [0.25, 0.3) is 10.7 Å². The van der Waals surface area contributed by atoms with Crippen LogP contribution in [0.2, 0.25) is 0 Å². The van der Waals surface area contributed by atoms with Crippen LogP contribution >= 0.6 is 11.3 Å². The van der Waals surface area contributed by atoms with Gasteiger partial charge < -0.3 is 10.1 Å². The molecule has 2 heterocycles. The van der Waals surface area contributed by atoms with Crippen molar-refractivity contribution in [3.05, 3.63) is 29.2 Å². The molecular weight excluding hydrogens is 236 g/mol. The highest BCUT2D eigenvalue weighted by atomic mass is 32.1. The molecule has 0 spiro atoms. The van der Waals surface area contributed by atoms with Gasteiger partial charge in [-0.1, -0.05) is 0 Å². The van der Waals surface area contributed by atoms with Crippen molar-refractivity contribution < 1.29 is 4.74 Å². The summed E-state index contributed by atoms with van der Waals surface area (Å²) in [6, 6.07) is 0. The molecule has 1 N–H and O–H groups in total. The van der Waals surface area contributed by atoms with E-state index in [2.05, 4.69) is 20.3 Å². The highest BCUT2D eigenvalue weighted by Gasteiger charge is 2.12. The molecule has 0 aliphatic heterocycles. The number of aromatic nitrogens is 3. The molecule has 0 aliphatic carbocycles. The molecule has 6 heteroatoms. The van der Waals surface area contributed by atoms with Crippen molar-refractivity contribution in [2.24, 2.45) is 0 Å². The highest BCUT2D eigenvalue weighted by Crippen LogP contribution is 2.26. The SMILES string of the molecule is CNCc1sc(-c2cnccn2)nc1COC. The first-order valence-electron chi connectivity index (χ1n) is 5.23. The Bertz CT molecular complexity index is 448. The van der Waals surface area contributed by atoms with Gasteiger partial charge in [0, 0.05) is 30.9 Å². The van der Waals surface area contributed by atoms with Crippen molar-refractivity contribution in [2.75, 3.05) is 14.2 Å². The van der Waals surface area contributed by atoms with Crippen molar-refractivity contribution in [1.82, 2.24) is 20.3 Å². The van der Waals surface area contributed by atoms with Gasteiger partial charge in [0.2, 0.25) is 0 Å². The Hall–Kier alpha value is -1.37. The van der Waals surface area contributed by atoms with Gasteiger partial charge in [-0.25, -0.2) is 4.98 Å². The first-order valence-corrected chi connectivity index (χ1v) is 6.05. The monoisotopic (exact) mass is 250 g/mol. The molecule has 0 aliphatic rings. The second kappa shape index (κ2) is 5.81. The Morgan fingerprint density at radius 1 is 1.41 bits per heavy atom. The fourth-order valence-electron chi connectivity index (χ4n) is 1.45. The van der Waals surface area contributed by atoms with E-state index in [9.17, 15) is 0 Å². The van der Waals surface area contributed by atoms with Crippen LogP contribution in [0.15, 0.2) is 18.6 Å². The normalized spacial score (nSPS) is 10.7. The molecule has 0 atom stereocenters. The fourth-order valence-corrected chi connectivity index (χ4v) is 2.49. The number of thiazole rings is 1. The molecule has 0 fully saturated rings. The van der Waals surface area contributed by atoms with Crippen LogP contribution in [0, 0.1) is 0 Å². The average molecular weight is 250 g/mol. The molecule has 0 radical (unpaired) electrons. The maximum absolute atomic E-state index is 5.14. The third-order valence-corrected chi connectivity index (χ3v) is 3.30. The number of hydrogen-bond acceptors (Lipinski definition) is 6. The molecule has 2 aromatic rings. The van der Waals surface area contributed by atoms with Crippen LogP contribution in [0.4, 0.5) is 0 Å². The Morgan fingerprint density at radius 2 is 2.29 bits per heavy atom. The van der Waals surface area contributed by atoms with Gasteiger partial charge in [-0.3, -0.25) is 9.97 Å². The third kappa shape index (κ3) is 2.85. The number of methoxy groups -OCH3 is 1. The molecule has 5 nitrogen and oxygen atoms in total. The molecule has 2 rings (SSSR count). The van der Waals surface area contributed by atoms with E-state index < -0.39 is 0 Å². The number of hydrogen-bond donors (Lipinski definition) is 1. The molecule has 0 bridgehead atoms. The van der Waals surface area contributed by atoms with E-state index in [1.165, 1.54) is 4.88 Å².